The number of hydrogen-bond donors (Lipinski definition) is 1. The topological polar surface area (TPSA) is 58.4 Å². The van der Waals surface area contributed by atoms with Crippen molar-refractivity contribution in [3.63, 3.8) is 0 Å². The maximum absolute atomic E-state index is 12.3. The van der Waals surface area contributed by atoms with E-state index in [0.717, 1.165) is 18.1 Å². The molecule has 2 aromatic rings. The number of amides is 1. The van der Waals surface area contributed by atoms with Crippen LogP contribution >= 0.6 is 11.3 Å². The molecule has 3 heterocycles. The molecule has 1 aliphatic rings. The summed E-state index contributed by atoms with van der Waals surface area (Å²) in [5.74, 6) is 1.20. The quantitative estimate of drug-likeness (QED) is 0.912. The number of rotatable bonds is 5. The predicted molar refractivity (Wildman–Crippen MR) is 91.6 cm³/mol. The zero-order valence-corrected chi connectivity index (χ0v) is 14.4. The summed E-state index contributed by atoms with van der Waals surface area (Å²) in [6.07, 6.45) is 5.63. The Morgan fingerprint density at radius 2 is 2.43 bits per heavy atom. The number of furan rings is 1. The number of likely N-dealkylation sites (tertiary alicyclic amines) is 1. The lowest BCUT2D eigenvalue weighted by Crippen LogP contribution is -2.43. The molecule has 0 aliphatic carbocycles. The summed E-state index contributed by atoms with van der Waals surface area (Å²) in [5, 5.41) is 3.80. The maximum Gasteiger partial charge on any atom is 0.263 e. The van der Waals surface area contributed by atoms with Gasteiger partial charge in [-0.15, -0.1) is 11.3 Å². The molecule has 1 aliphatic heterocycles. The van der Waals surface area contributed by atoms with Gasteiger partial charge in [-0.1, -0.05) is 0 Å². The van der Waals surface area contributed by atoms with Crippen molar-refractivity contribution < 1.29 is 9.21 Å². The number of carbonyl (C=O) groups excluding carboxylic acids is 1. The molecule has 1 unspecified atom stereocenters. The highest BCUT2D eigenvalue weighted by molar-refractivity contribution is 7.16. The Morgan fingerprint density at radius 1 is 1.57 bits per heavy atom. The van der Waals surface area contributed by atoms with E-state index in [-0.39, 0.29) is 5.91 Å². The van der Waals surface area contributed by atoms with Gasteiger partial charge in [-0.2, -0.15) is 0 Å². The van der Waals surface area contributed by atoms with Crippen molar-refractivity contribution in [2.45, 2.75) is 32.7 Å². The lowest BCUT2D eigenvalue weighted by atomic mass is 9.97. The standard InChI is InChI=1S/C17H23N3O2S/c1-12(2)20-7-3-5-13(11-20)9-18-16(21)15-10-19-17(23-15)14-6-4-8-22-14/h4,6,8,10,12-13H,3,5,7,9,11H2,1-2H3,(H,18,21). The molecule has 0 bridgehead atoms. The second kappa shape index (κ2) is 7.27. The van der Waals surface area contributed by atoms with Crippen molar-refractivity contribution in [3.05, 3.63) is 29.5 Å². The van der Waals surface area contributed by atoms with Crippen molar-refractivity contribution in [1.29, 1.82) is 0 Å². The van der Waals surface area contributed by atoms with Crippen molar-refractivity contribution >= 4 is 17.2 Å². The lowest BCUT2D eigenvalue weighted by molar-refractivity contribution is 0.0926. The SMILES string of the molecule is CC(C)N1CCCC(CNC(=O)c2cnc(-c3ccco3)s2)C1. The van der Waals surface area contributed by atoms with Crippen LogP contribution in [0.5, 0.6) is 0 Å². The Hall–Kier alpha value is -1.66. The van der Waals surface area contributed by atoms with E-state index in [4.69, 9.17) is 4.42 Å². The van der Waals surface area contributed by atoms with Gasteiger partial charge < -0.3 is 14.6 Å². The van der Waals surface area contributed by atoms with Gasteiger partial charge in [0.05, 0.1) is 12.5 Å². The fourth-order valence-corrected chi connectivity index (χ4v) is 3.75. The monoisotopic (exact) mass is 333 g/mol. The molecule has 3 rings (SSSR count). The third-order valence-electron chi connectivity index (χ3n) is 4.29. The van der Waals surface area contributed by atoms with Crippen molar-refractivity contribution in [1.82, 2.24) is 15.2 Å². The summed E-state index contributed by atoms with van der Waals surface area (Å²) in [6, 6.07) is 4.24. The summed E-state index contributed by atoms with van der Waals surface area (Å²) >= 11 is 1.36. The number of aromatic nitrogens is 1. The van der Waals surface area contributed by atoms with E-state index in [1.807, 2.05) is 12.1 Å². The fraction of sp³-hybridized carbons (Fsp3) is 0.529. The highest BCUT2D eigenvalue weighted by Crippen LogP contribution is 2.25. The molecular formula is C17H23N3O2S. The first kappa shape index (κ1) is 16.2. The van der Waals surface area contributed by atoms with Crippen LogP contribution in [0.2, 0.25) is 0 Å². The van der Waals surface area contributed by atoms with Crippen LogP contribution in [0.4, 0.5) is 0 Å². The molecule has 0 aromatic carbocycles. The first-order valence-electron chi connectivity index (χ1n) is 8.15. The summed E-state index contributed by atoms with van der Waals surface area (Å²) in [6.45, 7) is 7.43. The Bertz CT molecular complexity index is 636. The second-order valence-corrected chi connectivity index (χ2v) is 7.34. The molecule has 23 heavy (non-hydrogen) atoms. The number of nitrogens with zero attached hydrogens (tertiary/aromatic N) is 2. The third-order valence-corrected chi connectivity index (χ3v) is 5.30. The molecule has 0 radical (unpaired) electrons. The number of hydrogen-bond acceptors (Lipinski definition) is 5. The molecule has 0 spiro atoms. The highest BCUT2D eigenvalue weighted by atomic mass is 32.1. The number of nitrogens with one attached hydrogen (secondary N) is 1. The summed E-state index contributed by atoms with van der Waals surface area (Å²) in [5.41, 5.74) is 0. The molecule has 1 N–H and O–H groups in total. The Kier molecular flexibility index (Phi) is 5.13. The van der Waals surface area contributed by atoms with Gasteiger partial charge in [-0.25, -0.2) is 4.98 Å². The molecule has 1 atom stereocenters. The second-order valence-electron chi connectivity index (χ2n) is 6.31. The largest absolute Gasteiger partial charge is 0.462 e. The molecule has 1 fully saturated rings. The molecular weight excluding hydrogens is 310 g/mol. The van der Waals surface area contributed by atoms with E-state index in [0.29, 0.717) is 22.6 Å². The van der Waals surface area contributed by atoms with E-state index in [1.54, 1.807) is 12.5 Å². The van der Waals surface area contributed by atoms with Crippen molar-refractivity contribution in [2.75, 3.05) is 19.6 Å². The smallest absolute Gasteiger partial charge is 0.263 e. The Balaban J connectivity index is 1.53. The van der Waals surface area contributed by atoms with Crippen LogP contribution in [-0.4, -0.2) is 41.5 Å². The molecule has 2 aromatic heterocycles. The third kappa shape index (κ3) is 4.00. The van der Waals surface area contributed by atoms with Gasteiger partial charge in [0.15, 0.2) is 10.8 Å². The Morgan fingerprint density at radius 3 is 3.17 bits per heavy atom. The van der Waals surface area contributed by atoms with E-state index < -0.39 is 0 Å². The minimum Gasteiger partial charge on any atom is -0.462 e. The van der Waals surface area contributed by atoms with E-state index >= 15 is 0 Å². The van der Waals surface area contributed by atoms with Crippen LogP contribution in [0.1, 0.15) is 36.4 Å². The van der Waals surface area contributed by atoms with Crippen LogP contribution in [0.15, 0.2) is 29.0 Å². The van der Waals surface area contributed by atoms with Crippen LogP contribution in [0.3, 0.4) is 0 Å². The highest BCUT2D eigenvalue weighted by Gasteiger charge is 2.22. The molecule has 1 amide bonds. The number of piperidine rings is 1. The zero-order valence-electron chi connectivity index (χ0n) is 13.6. The normalized spacial score (nSPS) is 19.2. The minimum atomic E-state index is -0.0398. The van der Waals surface area contributed by atoms with Gasteiger partial charge in [0.1, 0.15) is 4.88 Å². The molecule has 1 saturated heterocycles. The summed E-state index contributed by atoms with van der Waals surface area (Å²) in [4.78, 5) is 19.7. The van der Waals surface area contributed by atoms with Gasteiger partial charge in [-0.05, 0) is 51.3 Å². The fourth-order valence-electron chi connectivity index (χ4n) is 2.95. The molecule has 124 valence electrons. The van der Waals surface area contributed by atoms with Crippen LogP contribution in [-0.2, 0) is 0 Å². The first-order valence-corrected chi connectivity index (χ1v) is 8.97. The summed E-state index contributed by atoms with van der Waals surface area (Å²) < 4.78 is 5.31. The van der Waals surface area contributed by atoms with Gasteiger partial charge in [0.25, 0.3) is 5.91 Å². The molecule has 6 heteroatoms. The van der Waals surface area contributed by atoms with Crippen LogP contribution in [0, 0.1) is 5.92 Å². The average molecular weight is 333 g/mol. The average Bonchev–Trinajstić information content (AvgIpc) is 3.23. The van der Waals surface area contributed by atoms with Gasteiger partial charge in [0, 0.05) is 19.1 Å². The number of thiazole rings is 1. The number of carbonyl (C=O) groups is 1. The Labute approximate surface area is 140 Å². The molecule has 0 saturated carbocycles. The first-order chi connectivity index (χ1) is 11.1. The van der Waals surface area contributed by atoms with E-state index in [1.165, 1.54) is 30.7 Å². The maximum atomic E-state index is 12.3. The predicted octanol–water partition coefficient (Wildman–Crippen LogP) is 3.25. The van der Waals surface area contributed by atoms with Crippen molar-refractivity contribution in [2.24, 2.45) is 5.92 Å². The van der Waals surface area contributed by atoms with Gasteiger partial charge >= 0.3 is 0 Å². The minimum absolute atomic E-state index is 0.0398. The lowest BCUT2D eigenvalue weighted by Gasteiger charge is -2.35. The summed E-state index contributed by atoms with van der Waals surface area (Å²) in [7, 11) is 0. The van der Waals surface area contributed by atoms with E-state index in [2.05, 4.69) is 29.0 Å². The van der Waals surface area contributed by atoms with Gasteiger partial charge in [0.2, 0.25) is 0 Å². The van der Waals surface area contributed by atoms with Gasteiger partial charge in [-0.3, -0.25) is 4.79 Å². The van der Waals surface area contributed by atoms with Crippen molar-refractivity contribution in [3.8, 4) is 10.8 Å². The zero-order chi connectivity index (χ0) is 16.2. The molecule has 5 nitrogen and oxygen atoms in total. The van der Waals surface area contributed by atoms with E-state index in [9.17, 15) is 4.79 Å². The van der Waals surface area contributed by atoms with Crippen LogP contribution in [0.25, 0.3) is 10.8 Å². The van der Waals surface area contributed by atoms with Crippen LogP contribution < -0.4 is 5.32 Å².